The SMILES string of the molecule is COc1ccc(CNC(=O)CCO)c(OC)c1. The number of hydrogen-bond acceptors (Lipinski definition) is 4. The summed E-state index contributed by atoms with van der Waals surface area (Å²) in [5, 5.41) is 11.3. The zero-order chi connectivity index (χ0) is 12.7. The molecule has 17 heavy (non-hydrogen) atoms. The summed E-state index contributed by atoms with van der Waals surface area (Å²) in [6.07, 6.45) is 0.110. The van der Waals surface area contributed by atoms with Crippen LogP contribution < -0.4 is 14.8 Å². The van der Waals surface area contributed by atoms with Gasteiger partial charge in [0.25, 0.3) is 0 Å². The Morgan fingerprint density at radius 3 is 2.71 bits per heavy atom. The Balaban J connectivity index is 2.67. The first-order valence-electron chi connectivity index (χ1n) is 5.29. The molecule has 1 aromatic carbocycles. The van der Waals surface area contributed by atoms with Crippen molar-refractivity contribution in [2.75, 3.05) is 20.8 Å². The van der Waals surface area contributed by atoms with E-state index in [4.69, 9.17) is 14.6 Å². The van der Waals surface area contributed by atoms with Gasteiger partial charge in [-0.3, -0.25) is 4.79 Å². The van der Waals surface area contributed by atoms with Crippen molar-refractivity contribution in [2.24, 2.45) is 0 Å². The van der Waals surface area contributed by atoms with Crippen molar-refractivity contribution in [1.29, 1.82) is 0 Å². The molecule has 1 aromatic rings. The molecule has 2 N–H and O–H groups in total. The molecule has 0 fully saturated rings. The van der Waals surface area contributed by atoms with Gasteiger partial charge in [-0.15, -0.1) is 0 Å². The minimum absolute atomic E-state index is 0.110. The molecule has 0 saturated heterocycles. The van der Waals surface area contributed by atoms with Gasteiger partial charge in [-0.2, -0.15) is 0 Å². The molecule has 1 rings (SSSR count). The largest absolute Gasteiger partial charge is 0.497 e. The van der Waals surface area contributed by atoms with Crippen molar-refractivity contribution >= 4 is 5.91 Å². The van der Waals surface area contributed by atoms with Crippen LogP contribution in [-0.4, -0.2) is 31.8 Å². The second kappa shape index (κ2) is 6.75. The first-order valence-corrected chi connectivity index (χ1v) is 5.29. The quantitative estimate of drug-likeness (QED) is 0.767. The number of ether oxygens (including phenoxy) is 2. The Bertz CT molecular complexity index is 379. The van der Waals surface area contributed by atoms with Crippen LogP contribution in [0.25, 0.3) is 0 Å². The van der Waals surface area contributed by atoms with Crippen LogP contribution >= 0.6 is 0 Å². The van der Waals surface area contributed by atoms with Crippen LogP contribution in [-0.2, 0) is 11.3 Å². The maximum Gasteiger partial charge on any atom is 0.222 e. The fourth-order valence-corrected chi connectivity index (χ4v) is 1.38. The molecule has 0 saturated carbocycles. The Morgan fingerprint density at radius 2 is 2.12 bits per heavy atom. The molecular formula is C12H17NO4. The van der Waals surface area contributed by atoms with Gasteiger partial charge in [0.2, 0.25) is 5.91 Å². The number of carbonyl (C=O) groups is 1. The van der Waals surface area contributed by atoms with E-state index < -0.39 is 0 Å². The maximum absolute atomic E-state index is 11.2. The molecule has 0 spiro atoms. The van der Waals surface area contributed by atoms with E-state index in [-0.39, 0.29) is 18.9 Å². The highest BCUT2D eigenvalue weighted by Gasteiger charge is 2.06. The first-order chi connectivity index (χ1) is 8.21. The highest BCUT2D eigenvalue weighted by Crippen LogP contribution is 2.24. The highest BCUT2D eigenvalue weighted by molar-refractivity contribution is 5.76. The minimum Gasteiger partial charge on any atom is -0.497 e. The molecular weight excluding hydrogens is 222 g/mol. The summed E-state index contributed by atoms with van der Waals surface area (Å²) in [7, 11) is 3.14. The predicted octanol–water partition coefficient (Wildman–Crippen LogP) is 0.702. The molecule has 0 radical (unpaired) electrons. The number of carbonyl (C=O) groups excluding carboxylic acids is 1. The van der Waals surface area contributed by atoms with Crippen molar-refractivity contribution in [3.05, 3.63) is 23.8 Å². The van der Waals surface area contributed by atoms with Crippen LogP contribution in [0.3, 0.4) is 0 Å². The van der Waals surface area contributed by atoms with Crippen LogP contribution in [0.2, 0.25) is 0 Å². The van der Waals surface area contributed by atoms with E-state index in [1.807, 2.05) is 6.07 Å². The van der Waals surface area contributed by atoms with Gasteiger partial charge in [0.05, 0.1) is 20.8 Å². The Hall–Kier alpha value is -1.75. The van der Waals surface area contributed by atoms with E-state index >= 15 is 0 Å². The van der Waals surface area contributed by atoms with Gasteiger partial charge >= 0.3 is 0 Å². The predicted molar refractivity (Wildman–Crippen MR) is 63.1 cm³/mol. The Morgan fingerprint density at radius 1 is 1.35 bits per heavy atom. The number of nitrogens with one attached hydrogen (secondary N) is 1. The summed E-state index contributed by atoms with van der Waals surface area (Å²) in [5.74, 6) is 1.17. The van der Waals surface area contributed by atoms with Crippen molar-refractivity contribution in [3.8, 4) is 11.5 Å². The second-order valence-electron chi connectivity index (χ2n) is 3.43. The van der Waals surface area contributed by atoms with E-state index in [0.29, 0.717) is 18.0 Å². The van der Waals surface area contributed by atoms with Crippen molar-refractivity contribution < 1.29 is 19.4 Å². The van der Waals surface area contributed by atoms with Crippen LogP contribution in [0.4, 0.5) is 0 Å². The molecule has 0 aliphatic heterocycles. The summed E-state index contributed by atoms with van der Waals surface area (Å²) in [5.41, 5.74) is 0.861. The average Bonchev–Trinajstić information content (AvgIpc) is 2.36. The molecule has 0 unspecified atom stereocenters. The fourth-order valence-electron chi connectivity index (χ4n) is 1.38. The smallest absolute Gasteiger partial charge is 0.222 e. The zero-order valence-electron chi connectivity index (χ0n) is 10.0. The van der Waals surface area contributed by atoms with Crippen LogP contribution in [0, 0.1) is 0 Å². The van der Waals surface area contributed by atoms with Gasteiger partial charge in [-0.1, -0.05) is 0 Å². The molecule has 0 aromatic heterocycles. The summed E-state index contributed by atoms with van der Waals surface area (Å²) in [6.45, 7) is 0.220. The Labute approximate surface area is 100 Å². The third-order valence-corrected chi connectivity index (χ3v) is 2.31. The van der Waals surface area contributed by atoms with Crippen molar-refractivity contribution in [3.63, 3.8) is 0 Å². The molecule has 0 heterocycles. The molecule has 0 bridgehead atoms. The van der Waals surface area contributed by atoms with Gasteiger partial charge < -0.3 is 19.9 Å². The first kappa shape index (κ1) is 13.3. The van der Waals surface area contributed by atoms with Crippen molar-refractivity contribution in [2.45, 2.75) is 13.0 Å². The Kier molecular flexibility index (Phi) is 5.29. The number of benzene rings is 1. The number of hydrogen-bond donors (Lipinski definition) is 2. The van der Waals surface area contributed by atoms with E-state index in [2.05, 4.69) is 5.32 Å². The molecule has 0 atom stereocenters. The third-order valence-electron chi connectivity index (χ3n) is 2.31. The number of amides is 1. The normalized spacial score (nSPS) is 9.82. The van der Waals surface area contributed by atoms with Crippen LogP contribution in [0.15, 0.2) is 18.2 Å². The number of aliphatic hydroxyl groups excluding tert-OH is 1. The summed E-state index contributed by atoms with van der Waals surface area (Å²) < 4.78 is 10.3. The van der Waals surface area contributed by atoms with Crippen LogP contribution in [0.1, 0.15) is 12.0 Å². The number of methoxy groups -OCH3 is 2. The molecule has 0 aliphatic rings. The highest BCUT2D eigenvalue weighted by atomic mass is 16.5. The molecule has 0 aliphatic carbocycles. The number of aliphatic hydroxyl groups is 1. The third kappa shape index (κ3) is 3.96. The van der Waals surface area contributed by atoms with Gasteiger partial charge in [-0.05, 0) is 12.1 Å². The van der Waals surface area contributed by atoms with E-state index in [1.54, 1.807) is 26.4 Å². The van der Waals surface area contributed by atoms with Crippen LogP contribution in [0.5, 0.6) is 11.5 Å². The van der Waals surface area contributed by atoms with E-state index in [9.17, 15) is 4.79 Å². The van der Waals surface area contributed by atoms with E-state index in [0.717, 1.165) is 5.56 Å². The lowest BCUT2D eigenvalue weighted by Gasteiger charge is -2.11. The lowest BCUT2D eigenvalue weighted by Crippen LogP contribution is -2.23. The van der Waals surface area contributed by atoms with Crippen molar-refractivity contribution in [1.82, 2.24) is 5.32 Å². The lowest BCUT2D eigenvalue weighted by atomic mass is 10.2. The van der Waals surface area contributed by atoms with Gasteiger partial charge in [0.1, 0.15) is 11.5 Å². The monoisotopic (exact) mass is 239 g/mol. The second-order valence-corrected chi connectivity index (χ2v) is 3.43. The molecule has 94 valence electrons. The standard InChI is InChI=1S/C12H17NO4/c1-16-10-4-3-9(11(7-10)17-2)8-13-12(15)5-6-14/h3-4,7,14H,5-6,8H2,1-2H3,(H,13,15). The van der Waals surface area contributed by atoms with Gasteiger partial charge in [0.15, 0.2) is 0 Å². The zero-order valence-corrected chi connectivity index (χ0v) is 10.0. The summed E-state index contributed by atoms with van der Waals surface area (Å²) >= 11 is 0. The topological polar surface area (TPSA) is 67.8 Å². The molecule has 5 nitrogen and oxygen atoms in total. The lowest BCUT2D eigenvalue weighted by molar-refractivity contribution is -0.121. The minimum atomic E-state index is -0.189. The number of rotatable bonds is 6. The molecule has 5 heteroatoms. The summed E-state index contributed by atoms with van der Waals surface area (Å²) in [6, 6.07) is 5.39. The van der Waals surface area contributed by atoms with E-state index in [1.165, 1.54) is 0 Å². The summed E-state index contributed by atoms with van der Waals surface area (Å²) in [4.78, 5) is 11.2. The fraction of sp³-hybridized carbons (Fsp3) is 0.417. The van der Waals surface area contributed by atoms with Gasteiger partial charge in [-0.25, -0.2) is 0 Å². The molecule has 1 amide bonds. The maximum atomic E-state index is 11.2. The average molecular weight is 239 g/mol. The van der Waals surface area contributed by atoms with Gasteiger partial charge in [0, 0.05) is 24.6 Å².